The first-order valence-corrected chi connectivity index (χ1v) is 7.17. The third kappa shape index (κ3) is 3.53. The number of aliphatic hydroxyl groups excluding tert-OH is 1. The van der Waals surface area contributed by atoms with Crippen molar-refractivity contribution in [1.82, 2.24) is 10.3 Å². The van der Waals surface area contributed by atoms with Crippen molar-refractivity contribution in [2.24, 2.45) is 0 Å². The van der Waals surface area contributed by atoms with E-state index in [2.05, 4.69) is 15.6 Å². The van der Waals surface area contributed by atoms with Gasteiger partial charge in [-0.25, -0.2) is 4.98 Å². The first kappa shape index (κ1) is 14.9. The lowest BCUT2D eigenvalue weighted by Crippen LogP contribution is -2.54. The highest BCUT2D eigenvalue weighted by Gasteiger charge is 2.34. The topological polar surface area (TPSA) is 101 Å². The van der Waals surface area contributed by atoms with Crippen molar-refractivity contribution in [1.29, 1.82) is 0 Å². The average molecular weight is 299 g/mol. The maximum absolute atomic E-state index is 12.1. The summed E-state index contributed by atoms with van der Waals surface area (Å²) < 4.78 is 5.24. The van der Waals surface area contributed by atoms with E-state index in [0.29, 0.717) is 31.2 Å². The molecule has 1 aliphatic heterocycles. The van der Waals surface area contributed by atoms with Crippen LogP contribution in [0.4, 0.5) is 5.13 Å². The van der Waals surface area contributed by atoms with Gasteiger partial charge in [0, 0.05) is 25.5 Å². The van der Waals surface area contributed by atoms with E-state index in [1.165, 1.54) is 18.3 Å². The molecule has 3 N–H and O–H groups in total. The van der Waals surface area contributed by atoms with Gasteiger partial charge in [-0.2, -0.15) is 0 Å². The number of nitrogens with one attached hydrogen (secondary N) is 2. The molecule has 0 aliphatic carbocycles. The zero-order valence-corrected chi connectivity index (χ0v) is 12.0. The van der Waals surface area contributed by atoms with Gasteiger partial charge in [0.05, 0.1) is 12.1 Å². The second-order valence-corrected chi connectivity index (χ2v) is 5.58. The first-order chi connectivity index (χ1) is 9.54. The summed E-state index contributed by atoms with van der Waals surface area (Å²) in [4.78, 5) is 27.1. The molecule has 0 unspecified atom stereocenters. The lowest BCUT2D eigenvalue weighted by molar-refractivity contribution is -0.114. The van der Waals surface area contributed by atoms with Gasteiger partial charge in [0.15, 0.2) is 5.13 Å². The van der Waals surface area contributed by atoms with Crippen LogP contribution in [-0.2, 0) is 9.53 Å². The summed E-state index contributed by atoms with van der Waals surface area (Å²) in [5.74, 6) is -0.587. The molecule has 7 nitrogen and oxygen atoms in total. The normalized spacial score (nSPS) is 17.5. The molecule has 110 valence electrons. The first-order valence-electron chi connectivity index (χ1n) is 6.29. The number of aliphatic hydroxyl groups is 1. The maximum atomic E-state index is 12.1. The van der Waals surface area contributed by atoms with Gasteiger partial charge in [0.25, 0.3) is 5.91 Å². The number of nitrogens with zero attached hydrogens (tertiary/aromatic N) is 1. The molecule has 1 saturated heterocycles. The number of carbonyl (C=O) groups excluding carboxylic acids is 2. The van der Waals surface area contributed by atoms with Crippen LogP contribution in [-0.4, -0.2) is 47.3 Å². The molecule has 1 aromatic heterocycles. The fourth-order valence-corrected chi connectivity index (χ4v) is 2.71. The third-order valence-corrected chi connectivity index (χ3v) is 3.91. The summed E-state index contributed by atoms with van der Waals surface area (Å²) in [7, 11) is 0. The van der Waals surface area contributed by atoms with Gasteiger partial charge in [-0.05, 0) is 12.8 Å². The molecule has 0 bridgehead atoms. The molecule has 20 heavy (non-hydrogen) atoms. The number of carbonyl (C=O) groups is 2. The summed E-state index contributed by atoms with van der Waals surface area (Å²) in [5.41, 5.74) is -0.411. The van der Waals surface area contributed by atoms with Crippen molar-refractivity contribution in [3.8, 4) is 0 Å². The molecule has 1 fully saturated rings. The molecule has 0 aromatic carbocycles. The van der Waals surface area contributed by atoms with Gasteiger partial charge in [0.1, 0.15) is 5.69 Å². The fourth-order valence-electron chi connectivity index (χ4n) is 1.98. The van der Waals surface area contributed by atoms with E-state index in [1.807, 2.05) is 0 Å². The molecular weight excluding hydrogens is 282 g/mol. The summed E-state index contributed by atoms with van der Waals surface area (Å²) in [5, 5.41) is 16.8. The molecule has 2 amide bonds. The number of ether oxygens (including phenoxy) is 1. The van der Waals surface area contributed by atoms with Gasteiger partial charge in [-0.3, -0.25) is 9.59 Å². The summed E-state index contributed by atoms with van der Waals surface area (Å²) >= 11 is 1.18. The smallest absolute Gasteiger partial charge is 0.271 e. The average Bonchev–Trinajstić information content (AvgIpc) is 2.87. The third-order valence-electron chi connectivity index (χ3n) is 3.15. The Balaban J connectivity index is 2.03. The molecule has 0 spiro atoms. The molecule has 0 saturated carbocycles. The molecule has 2 heterocycles. The summed E-state index contributed by atoms with van der Waals surface area (Å²) in [6, 6.07) is 0. The van der Waals surface area contributed by atoms with Crippen LogP contribution in [0.3, 0.4) is 0 Å². The number of hydrogen-bond acceptors (Lipinski definition) is 6. The number of anilines is 1. The van der Waals surface area contributed by atoms with Gasteiger partial charge >= 0.3 is 0 Å². The lowest BCUT2D eigenvalue weighted by atomic mass is 9.91. The quantitative estimate of drug-likeness (QED) is 0.746. The van der Waals surface area contributed by atoms with E-state index in [9.17, 15) is 14.7 Å². The number of aromatic nitrogens is 1. The minimum absolute atomic E-state index is 0.134. The number of amides is 2. The van der Waals surface area contributed by atoms with E-state index in [-0.39, 0.29) is 24.1 Å². The van der Waals surface area contributed by atoms with Crippen molar-refractivity contribution in [2.45, 2.75) is 25.3 Å². The molecule has 2 rings (SSSR count). The van der Waals surface area contributed by atoms with E-state index in [4.69, 9.17) is 4.74 Å². The lowest BCUT2D eigenvalue weighted by Gasteiger charge is -2.36. The Labute approximate surface area is 120 Å². The van der Waals surface area contributed by atoms with Crippen LogP contribution in [0.15, 0.2) is 5.38 Å². The highest BCUT2D eigenvalue weighted by atomic mass is 32.1. The Kier molecular flexibility index (Phi) is 4.69. The van der Waals surface area contributed by atoms with Crippen LogP contribution in [0, 0.1) is 0 Å². The zero-order valence-electron chi connectivity index (χ0n) is 11.1. The highest BCUT2D eigenvalue weighted by molar-refractivity contribution is 7.14. The van der Waals surface area contributed by atoms with Crippen molar-refractivity contribution in [2.75, 3.05) is 25.1 Å². The van der Waals surface area contributed by atoms with E-state index >= 15 is 0 Å². The summed E-state index contributed by atoms with van der Waals surface area (Å²) in [6.07, 6.45) is 1.13. The predicted octanol–water partition coefficient (Wildman–Crippen LogP) is 0.373. The molecular formula is C12H17N3O4S. The van der Waals surface area contributed by atoms with Gasteiger partial charge in [0.2, 0.25) is 5.91 Å². The fraction of sp³-hybridized carbons (Fsp3) is 0.583. The standard InChI is InChI=1S/C12H17N3O4S/c1-8(17)13-11-14-9(6-20-11)10(18)15-12(7-16)2-4-19-5-3-12/h6,16H,2-5,7H2,1H3,(H,15,18)(H,13,14,17). The van der Waals surface area contributed by atoms with Gasteiger partial charge < -0.3 is 20.5 Å². The molecule has 0 radical (unpaired) electrons. The van der Waals surface area contributed by atoms with Crippen LogP contribution in [0.1, 0.15) is 30.3 Å². The Morgan fingerprint density at radius 1 is 1.50 bits per heavy atom. The molecule has 1 aliphatic rings. The van der Waals surface area contributed by atoms with Crippen molar-refractivity contribution >= 4 is 28.3 Å². The monoisotopic (exact) mass is 299 g/mol. The van der Waals surface area contributed by atoms with Crippen molar-refractivity contribution < 1.29 is 19.4 Å². The summed E-state index contributed by atoms with van der Waals surface area (Å²) in [6.45, 7) is 2.26. The number of rotatable bonds is 4. The van der Waals surface area contributed by atoms with E-state index < -0.39 is 5.54 Å². The Hall–Kier alpha value is -1.51. The second-order valence-electron chi connectivity index (χ2n) is 4.72. The van der Waals surface area contributed by atoms with Crippen LogP contribution in [0.5, 0.6) is 0 Å². The van der Waals surface area contributed by atoms with Crippen LogP contribution < -0.4 is 10.6 Å². The molecule has 8 heteroatoms. The van der Waals surface area contributed by atoms with E-state index in [1.54, 1.807) is 5.38 Å². The highest BCUT2D eigenvalue weighted by Crippen LogP contribution is 2.22. The van der Waals surface area contributed by atoms with Crippen LogP contribution >= 0.6 is 11.3 Å². The molecule has 1 aromatic rings. The Morgan fingerprint density at radius 3 is 2.80 bits per heavy atom. The Bertz CT molecular complexity index is 497. The van der Waals surface area contributed by atoms with Crippen LogP contribution in [0.25, 0.3) is 0 Å². The number of hydrogen-bond donors (Lipinski definition) is 3. The minimum Gasteiger partial charge on any atom is -0.394 e. The maximum Gasteiger partial charge on any atom is 0.271 e. The predicted molar refractivity (Wildman–Crippen MR) is 73.8 cm³/mol. The largest absolute Gasteiger partial charge is 0.394 e. The van der Waals surface area contributed by atoms with Crippen molar-refractivity contribution in [3.05, 3.63) is 11.1 Å². The number of thiazole rings is 1. The van der Waals surface area contributed by atoms with Gasteiger partial charge in [-0.15, -0.1) is 11.3 Å². The molecule has 0 atom stereocenters. The van der Waals surface area contributed by atoms with Gasteiger partial charge in [-0.1, -0.05) is 0 Å². The minimum atomic E-state index is -0.646. The Morgan fingerprint density at radius 2 is 2.20 bits per heavy atom. The van der Waals surface area contributed by atoms with Crippen molar-refractivity contribution in [3.63, 3.8) is 0 Å². The van der Waals surface area contributed by atoms with E-state index in [0.717, 1.165) is 0 Å². The zero-order chi connectivity index (χ0) is 14.6. The SMILES string of the molecule is CC(=O)Nc1nc(C(=O)NC2(CO)CCOCC2)cs1. The van der Waals surface area contributed by atoms with Crippen LogP contribution in [0.2, 0.25) is 0 Å². The second kappa shape index (κ2) is 6.29.